The number of nitrogens with zero attached hydrogens (tertiary/aromatic N) is 1. The van der Waals surface area contributed by atoms with Gasteiger partial charge in [0.15, 0.2) is 0 Å². The number of carbonyl (C=O) groups is 1. The molecule has 1 fully saturated rings. The van der Waals surface area contributed by atoms with E-state index >= 15 is 0 Å². The lowest BCUT2D eigenvalue weighted by molar-refractivity contribution is -0.118. The summed E-state index contributed by atoms with van der Waals surface area (Å²) in [5.74, 6) is -0.728. The van der Waals surface area contributed by atoms with E-state index in [4.69, 9.17) is 10.5 Å². The summed E-state index contributed by atoms with van der Waals surface area (Å²) < 4.78 is 5.38. The number of amides is 1. The number of benzene rings is 2. The first-order valence-corrected chi connectivity index (χ1v) is 7.94. The number of rotatable bonds is 4. The second-order valence-corrected chi connectivity index (χ2v) is 5.88. The molecule has 4 heteroatoms. The predicted octanol–water partition coefficient (Wildman–Crippen LogP) is 2.45. The zero-order valence-corrected chi connectivity index (χ0v) is 13.4. The number of nitrogens with two attached hydrogens (primary N) is 1. The van der Waals surface area contributed by atoms with Crippen LogP contribution in [0, 0.1) is 6.92 Å². The summed E-state index contributed by atoms with van der Waals surface area (Å²) in [6, 6.07) is 16.0. The van der Waals surface area contributed by atoms with Crippen LogP contribution in [0.1, 0.15) is 22.6 Å². The highest BCUT2D eigenvalue weighted by Gasteiger charge is 2.22. The Labute approximate surface area is 136 Å². The third-order valence-corrected chi connectivity index (χ3v) is 4.39. The van der Waals surface area contributed by atoms with Crippen LogP contribution in [0.5, 0.6) is 0 Å². The maximum Gasteiger partial charge on any atom is 0.229 e. The van der Waals surface area contributed by atoms with Crippen molar-refractivity contribution in [3.05, 3.63) is 65.2 Å². The Morgan fingerprint density at radius 2 is 1.74 bits per heavy atom. The van der Waals surface area contributed by atoms with Crippen LogP contribution in [0.15, 0.2) is 48.5 Å². The Kier molecular flexibility index (Phi) is 4.63. The Morgan fingerprint density at radius 3 is 2.35 bits per heavy atom. The summed E-state index contributed by atoms with van der Waals surface area (Å²) in [7, 11) is 0. The second-order valence-electron chi connectivity index (χ2n) is 5.88. The fourth-order valence-electron chi connectivity index (χ4n) is 3.11. The van der Waals surface area contributed by atoms with E-state index < -0.39 is 5.92 Å². The van der Waals surface area contributed by atoms with E-state index in [0.29, 0.717) is 0 Å². The Balaban J connectivity index is 1.89. The Bertz CT molecular complexity index is 676. The van der Waals surface area contributed by atoms with Gasteiger partial charge in [-0.05, 0) is 35.7 Å². The monoisotopic (exact) mass is 310 g/mol. The van der Waals surface area contributed by atoms with E-state index in [1.807, 2.05) is 43.3 Å². The van der Waals surface area contributed by atoms with E-state index in [9.17, 15) is 4.79 Å². The number of hydrogen-bond acceptors (Lipinski definition) is 3. The zero-order chi connectivity index (χ0) is 16.2. The fraction of sp³-hybridized carbons (Fsp3) is 0.316. The summed E-state index contributed by atoms with van der Waals surface area (Å²) in [6.45, 7) is 5.32. The van der Waals surface area contributed by atoms with Gasteiger partial charge < -0.3 is 15.4 Å². The van der Waals surface area contributed by atoms with Crippen molar-refractivity contribution in [2.24, 2.45) is 5.73 Å². The third-order valence-electron chi connectivity index (χ3n) is 4.39. The molecule has 1 saturated heterocycles. The molecule has 0 bridgehead atoms. The predicted molar refractivity (Wildman–Crippen MR) is 91.7 cm³/mol. The first kappa shape index (κ1) is 15.6. The quantitative estimate of drug-likeness (QED) is 0.944. The highest BCUT2D eigenvalue weighted by atomic mass is 16.5. The summed E-state index contributed by atoms with van der Waals surface area (Å²) >= 11 is 0. The van der Waals surface area contributed by atoms with Gasteiger partial charge in [-0.3, -0.25) is 4.79 Å². The summed E-state index contributed by atoms with van der Waals surface area (Å²) in [5, 5.41) is 0. The van der Waals surface area contributed by atoms with Crippen LogP contribution in [-0.4, -0.2) is 32.2 Å². The van der Waals surface area contributed by atoms with Gasteiger partial charge >= 0.3 is 0 Å². The molecule has 3 rings (SSSR count). The highest BCUT2D eigenvalue weighted by molar-refractivity contribution is 5.86. The van der Waals surface area contributed by atoms with Gasteiger partial charge in [0.05, 0.1) is 19.1 Å². The molecule has 1 aliphatic heterocycles. The molecule has 2 N–H and O–H groups in total. The molecule has 120 valence electrons. The average molecular weight is 310 g/mol. The number of carbonyl (C=O) groups excluding carboxylic acids is 1. The van der Waals surface area contributed by atoms with Crippen LogP contribution >= 0.6 is 0 Å². The molecule has 0 radical (unpaired) electrons. The van der Waals surface area contributed by atoms with Gasteiger partial charge in [-0.15, -0.1) is 0 Å². The molecule has 0 aromatic heterocycles. The van der Waals surface area contributed by atoms with E-state index in [-0.39, 0.29) is 5.91 Å². The fourth-order valence-corrected chi connectivity index (χ4v) is 3.11. The molecule has 1 unspecified atom stereocenters. The lowest BCUT2D eigenvalue weighted by atomic mass is 9.88. The van der Waals surface area contributed by atoms with Crippen molar-refractivity contribution in [2.45, 2.75) is 12.8 Å². The lowest BCUT2D eigenvalue weighted by Crippen LogP contribution is -2.36. The van der Waals surface area contributed by atoms with Gasteiger partial charge in [0.1, 0.15) is 0 Å². The minimum atomic E-state index is -0.407. The molecule has 0 saturated carbocycles. The van der Waals surface area contributed by atoms with E-state index in [1.54, 1.807) is 0 Å². The van der Waals surface area contributed by atoms with Gasteiger partial charge in [-0.1, -0.05) is 36.4 Å². The minimum absolute atomic E-state index is 0.321. The third kappa shape index (κ3) is 3.37. The van der Waals surface area contributed by atoms with Crippen LogP contribution in [0.3, 0.4) is 0 Å². The van der Waals surface area contributed by atoms with Crippen molar-refractivity contribution in [1.82, 2.24) is 0 Å². The molecule has 1 heterocycles. The molecule has 2 aromatic rings. The van der Waals surface area contributed by atoms with Crippen molar-refractivity contribution in [3.8, 4) is 0 Å². The second kappa shape index (κ2) is 6.84. The SMILES string of the molecule is Cc1ccccc1C(C(N)=O)c1ccc(N2CCOCC2)cc1. The van der Waals surface area contributed by atoms with Crippen molar-refractivity contribution >= 4 is 11.6 Å². The lowest BCUT2D eigenvalue weighted by Gasteiger charge is -2.29. The van der Waals surface area contributed by atoms with Crippen LogP contribution in [0.2, 0.25) is 0 Å². The van der Waals surface area contributed by atoms with Crippen LogP contribution in [-0.2, 0) is 9.53 Å². The molecular weight excluding hydrogens is 288 g/mol. The molecule has 1 aliphatic rings. The zero-order valence-electron chi connectivity index (χ0n) is 13.4. The molecule has 23 heavy (non-hydrogen) atoms. The Hall–Kier alpha value is -2.33. The van der Waals surface area contributed by atoms with Gasteiger partial charge in [0, 0.05) is 18.8 Å². The molecule has 0 spiro atoms. The Morgan fingerprint density at radius 1 is 1.09 bits per heavy atom. The van der Waals surface area contributed by atoms with Crippen LogP contribution in [0.4, 0.5) is 5.69 Å². The van der Waals surface area contributed by atoms with Gasteiger partial charge in [0.2, 0.25) is 5.91 Å². The molecule has 0 aliphatic carbocycles. The molecule has 4 nitrogen and oxygen atoms in total. The largest absolute Gasteiger partial charge is 0.378 e. The van der Waals surface area contributed by atoms with Crippen LogP contribution in [0.25, 0.3) is 0 Å². The molecule has 1 atom stereocenters. The van der Waals surface area contributed by atoms with Crippen molar-refractivity contribution in [2.75, 3.05) is 31.2 Å². The first-order chi connectivity index (χ1) is 11.2. The number of ether oxygens (including phenoxy) is 1. The summed E-state index contributed by atoms with van der Waals surface area (Å²) in [5.41, 5.74) is 9.82. The average Bonchev–Trinajstić information content (AvgIpc) is 2.58. The topological polar surface area (TPSA) is 55.6 Å². The molecule has 1 amide bonds. The van der Waals surface area contributed by atoms with Gasteiger partial charge in [-0.2, -0.15) is 0 Å². The number of anilines is 1. The normalized spacial score (nSPS) is 16.1. The van der Waals surface area contributed by atoms with Gasteiger partial charge in [-0.25, -0.2) is 0 Å². The standard InChI is InChI=1S/C19H22N2O2/c1-14-4-2-3-5-17(14)18(19(20)22)15-6-8-16(9-7-15)21-10-12-23-13-11-21/h2-9,18H,10-13H2,1H3,(H2,20,22). The summed E-state index contributed by atoms with van der Waals surface area (Å²) in [4.78, 5) is 14.3. The van der Waals surface area contributed by atoms with E-state index in [0.717, 1.165) is 48.7 Å². The number of hydrogen-bond donors (Lipinski definition) is 1. The summed E-state index contributed by atoms with van der Waals surface area (Å²) in [6.07, 6.45) is 0. The number of aryl methyl sites for hydroxylation is 1. The number of primary amides is 1. The van der Waals surface area contributed by atoms with Crippen molar-refractivity contribution in [3.63, 3.8) is 0 Å². The highest BCUT2D eigenvalue weighted by Crippen LogP contribution is 2.28. The van der Waals surface area contributed by atoms with Crippen molar-refractivity contribution < 1.29 is 9.53 Å². The van der Waals surface area contributed by atoms with Crippen LogP contribution < -0.4 is 10.6 Å². The van der Waals surface area contributed by atoms with E-state index in [2.05, 4.69) is 17.0 Å². The maximum atomic E-state index is 12.0. The van der Waals surface area contributed by atoms with Crippen molar-refractivity contribution in [1.29, 1.82) is 0 Å². The van der Waals surface area contributed by atoms with E-state index in [1.165, 1.54) is 0 Å². The molecular formula is C19H22N2O2. The maximum absolute atomic E-state index is 12.0. The minimum Gasteiger partial charge on any atom is -0.378 e. The molecule has 2 aromatic carbocycles. The van der Waals surface area contributed by atoms with Gasteiger partial charge in [0.25, 0.3) is 0 Å². The number of morpholine rings is 1. The first-order valence-electron chi connectivity index (χ1n) is 7.94. The smallest absolute Gasteiger partial charge is 0.229 e.